The molecule has 2 aromatic carbocycles. The molecule has 0 saturated carbocycles. The van der Waals surface area contributed by atoms with Crippen molar-refractivity contribution in [3.63, 3.8) is 0 Å². The molecule has 1 heterocycles. The minimum Gasteiger partial charge on any atom is -0.493 e. The molecule has 3 aromatic rings. The second kappa shape index (κ2) is 7.21. The Balaban J connectivity index is 2.29. The van der Waals surface area contributed by atoms with Crippen LogP contribution in [-0.2, 0) is 4.74 Å². The normalized spacial score (nSPS) is 10.5. The van der Waals surface area contributed by atoms with Gasteiger partial charge in [0.05, 0.1) is 31.9 Å². The van der Waals surface area contributed by atoms with Crippen molar-refractivity contribution in [3.8, 4) is 22.6 Å². The third-order valence-electron chi connectivity index (χ3n) is 3.94. The van der Waals surface area contributed by atoms with E-state index in [1.165, 1.54) is 0 Å². The molecule has 5 heteroatoms. The van der Waals surface area contributed by atoms with Crippen molar-refractivity contribution in [2.45, 2.75) is 6.92 Å². The van der Waals surface area contributed by atoms with Crippen LogP contribution in [0.1, 0.15) is 17.3 Å². The summed E-state index contributed by atoms with van der Waals surface area (Å²) in [5.74, 6) is 0.823. The monoisotopic (exact) mass is 337 g/mol. The summed E-state index contributed by atoms with van der Waals surface area (Å²) in [6.45, 7) is 2.08. The Morgan fingerprint density at radius 3 is 2.52 bits per heavy atom. The van der Waals surface area contributed by atoms with Gasteiger partial charge in [0.15, 0.2) is 11.5 Å². The number of hydrogen-bond acceptors (Lipinski definition) is 5. The third kappa shape index (κ3) is 3.13. The van der Waals surface area contributed by atoms with Crippen LogP contribution in [0.4, 0.5) is 0 Å². The lowest BCUT2D eigenvalue weighted by Crippen LogP contribution is -2.08. The van der Waals surface area contributed by atoms with Crippen molar-refractivity contribution in [3.05, 3.63) is 54.2 Å². The topological polar surface area (TPSA) is 57.7 Å². The highest BCUT2D eigenvalue weighted by molar-refractivity contribution is 6.06. The molecule has 3 rings (SSSR count). The predicted molar refractivity (Wildman–Crippen MR) is 96.2 cm³/mol. The molecule has 0 atom stereocenters. The van der Waals surface area contributed by atoms with Gasteiger partial charge in [0.25, 0.3) is 0 Å². The Kier molecular flexibility index (Phi) is 4.84. The average molecular weight is 337 g/mol. The lowest BCUT2D eigenvalue weighted by Gasteiger charge is -2.14. The maximum Gasteiger partial charge on any atom is 0.340 e. The van der Waals surface area contributed by atoms with Gasteiger partial charge in [0.2, 0.25) is 0 Å². The highest BCUT2D eigenvalue weighted by Crippen LogP contribution is 2.37. The van der Waals surface area contributed by atoms with E-state index in [0.717, 1.165) is 22.0 Å². The van der Waals surface area contributed by atoms with Crippen LogP contribution in [0.3, 0.4) is 0 Å². The largest absolute Gasteiger partial charge is 0.493 e. The van der Waals surface area contributed by atoms with Crippen molar-refractivity contribution >= 4 is 16.9 Å². The van der Waals surface area contributed by atoms with E-state index < -0.39 is 5.97 Å². The average Bonchev–Trinajstić information content (AvgIpc) is 2.66. The number of hydrogen-bond donors (Lipinski definition) is 0. The minimum atomic E-state index is -0.398. The van der Waals surface area contributed by atoms with E-state index in [4.69, 9.17) is 14.2 Å². The number of carbonyl (C=O) groups is 1. The number of ether oxygens (including phenoxy) is 3. The number of methoxy groups -OCH3 is 2. The zero-order chi connectivity index (χ0) is 17.8. The number of pyridine rings is 1. The van der Waals surface area contributed by atoms with Crippen molar-refractivity contribution < 1.29 is 19.0 Å². The summed E-state index contributed by atoms with van der Waals surface area (Å²) in [7, 11) is 3.17. The Bertz CT molecular complexity index is 921. The second-order valence-electron chi connectivity index (χ2n) is 5.35. The molecule has 0 aliphatic rings. The smallest absolute Gasteiger partial charge is 0.340 e. The first-order valence-corrected chi connectivity index (χ1v) is 7.96. The Morgan fingerprint density at radius 2 is 1.80 bits per heavy atom. The zero-order valence-corrected chi connectivity index (χ0v) is 14.4. The highest BCUT2D eigenvalue weighted by Gasteiger charge is 2.19. The number of fused-ring (bicyclic) bond motifs is 1. The number of aromatic nitrogens is 1. The molecule has 0 unspecified atom stereocenters. The molecule has 25 heavy (non-hydrogen) atoms. The van der Waals surface area contributed by atoms with E-state index in [0.29, 0.717) is 23.7 Å². The van der Waals surface area contributed by atoms with Crippen LogP contribution in [0.2, 0.25) is 0 Å². The molecule has 0 saturated heterocycles. The van der Waals surface area contributed by atoms with Gasteiger partial charge in [-0.15, -0.1) is 0 Å². The quantitative estimate of drug-likeness (QED) is 0.656. The third-order valence-corrected chi connectivity index (χ3v) is 3.94. The Labute approximate surface area is 146 Å². The van der Waals surface area contributed by atoms with Crippen LogP contribution >= 0.6 is 0 Å². The molecule has 0 aliphatic heterocycles. The van der Waals surface area contributed by atoms with Crippen LogP contribution in [0.25, 0.3) is 22.0 Å². The summed E-state index contributed by atoms with van der Waals surface area (Å²) < 4.78 is 15.9. The lowest BCUT2D eigenvalue weighted by atomic mass is 9.96. The zero-order valence-electron chi connectivity index (χ0n) is 14.4. The van der Waals surface area contributed by atoms with Crippen molar-refractivity contribution in [1.29, 1.82) is 0 Å². The number of esters is 1. The molecule has 0 aliphatic carbocycles. The second-order valence-corrected chi connectivity index (χ2v) is 5.35. The molecule has 0 bridgehead atoms. The predicted octanol–water partition coefficient (Wildman–Crippen LogP) is 4.10. The SMILES string of the molecule is CCOC(=O)c1cnc2ccccc2c1-c1ccc(OC)c(OC)c1. The fourth-order valence-corrected chi connectivity index (χ4v) is 2.81. The van der Waals surface area contributed by atoms with Gasteiger partial charge in [-0.1, -0.05) is 24.3 Å². The lowest BCUT2D eigenvalue weighted by molar-refractivity contribution is 0.0527. The van der Waals surface area contributed by atoms with Crippen molar-refractivity contribution in [2.24, 2.45) is 0 Å². The van der Waals surface area contributed by atoms with Gasteiger partial charge >= 0.3 is 5.97 Å². The molecule has 0 radical (unpaired) electrons. The fraction of sp³-hybridized carbons (Fsp3) is 0.200. The number of nitrogens with zero attached hydrogens (tertiary/aromatic N) is 1. The van der Waals surface area contributed by atoms with Crippen LogP contribution in [0.15, 0.2) is 48.7 Å². The van der Waals surface area contributed by atoms with Crippen LogP contribution in [0.5, 0.6) is 11.5 Å². The van der Waals surface area contributed by atoms with Gasteiger partial charge in [0, 0.05) is 17.1 Å². The molecular weight excluding hydrogens is 318 g/mol. The van der Waals surface area contributed by atoms with E-state index in [1.54, 1.807) is 27.3 Å². The maximum atomic E-state index is 12.4. The van der Waals surface area contributed by atoms with E-state index >= 15 is 0 Å². The first kappa shape index (κ1) is 16.8. The molecule has 1 aromatic heterocycles. The van der Waals surface area contributed by atoms with Gasteiger partial charge < -0.3 is 14.2 Å². The van der Waals surface area contributed by atoms with E-state index in [2.05, 4.69) is 4.98 Å². The summed E-state index contributed by atoms with van der Waals surface area (Å²) in [6, 6.07) is 13.3. The summed E-state index contributed by atoms with van der Waals surface area (Å²) in [6.07, 6.45) is 1.56. The molecule has 0 amide bonds. The molecule has 0 spiro atoms. The standard InChI is InChI=1S/C20H19NO4/c1-4-25-20(22)15-12-21-16-8-6-5-7-14(16)19(15)13-9-10-17(23-2)18(11-13)24-3/h5-12H,4H2,1-3H3. The molecule has 128 valence electrons. The van der Waals surface area contributed by atoms with Crippen LogP contribution in [0, 0.1) is 0 Å². The van der Waals surface area contributed by atoms with Gasteiger partial charge in [-0.2, -0.15) is 0 Å². The molecule has 5 nitrogen and oxygen atoms in total. The summed E-state index contributed by atoms with van der Waals surface area (Å²) in [5.41, 5.74) is 2.83. The van der Waals surface area contributed by atoms with E-state index in [-0.39, 0.29) is 0 Å². The van der Waals surface area contributed by atoms with Crippen molar-refractivity contribution in [2.75, 3.05) is 20.8 Å². The fourth-order valence-electron chi connectivity index (χ4n) is 2.81. The number of benzene rings is 2. The Morgan fingerprint density at radius 1 is 1.04 bits per heavy atom. The van der Waals surface area contributed by atoms with E-state index in [1.807, 2.05) is 42.5 Å². The minimum absolute atomic E-state index is 0.303. The molecular formula is C20H19NO4. The van der Waals surface area contributed by atoms with Crippen molar-refractivity contribution in [1.82, 2.24) is 4.98 Å². The summed E-state index contributed by atoms with van der Waals surface area (Å²) in [5, 5.41) is 0.875. The summed E-state index contributed by atoms with van der Waals surface area (Å²) >= 11 is 0. The number of carbonyl (C=O) groups excluding carboxylic acids is 1. The van der Waals surface area contributed by atoms with Gasteiger partial charge in [-0.05, 0) is 30.7 Å². The highest BCUT2D eigenvalue weighted by atomic mass is 16.5. The maximum absolute atomic E-state index is 12.4. The first-order chi connectivity index (χ1) is 12.2. The number of rotatable bonds is 5. The molecule has 0 N–H and O–H groups in total. The molecule has 0 fully saturated rings. The summed E-state index contributed by atoms with van der Waals surface area (Å²) in [4.78, 5) is 16.8. The number of para-hydroxylation sites is 1. The van der Waals surface area contributed by atoms with Gasteiger partial charge in [0.1, 0.15) is 0 Å². The van der Waals surface area contributed by atoms with Gasteiger partial charge in [-0.25, -0.2) is 4.79 Å². The van der Waals surface area contributed by atoms with Crippen LogP contribution < -0.4 is 9.47 Å². The van der Waals surface area contributed by atoms with Gasteiger partial charge in [-0.3, -0.25) is 4.98 Å². The van der Waals surface area contributed by atoms with E-state index in [9.17, 15) is 4.79 Å². The Hall–Kier alpha value is -3.08. The van der Waals surface area contributed by atoms with Crippen LogP contribution in [-0.4, -0.2) is 31.8 Å². The first-order valence-electron chi connectivity index (χ1n) is 7.96.